The number of anilines is 1. The van der Waals surface area contributed by atoms with Gasteiger partial charge in [0.1, 0.15) is 12.4 Å². The van der Waals surface area contributed by atoms with Crippen molar-refractivity contribution in [2.75, 3.05) is 18.5 Å². The van der Waals surface area contributed by atoms with E-state index >= 15 is 0 Å². The Kier molecular flexibility index (Phi) is 4.95. The Morgan fingerprint density at radius 1 is 1.45 bits per heavy atom. The summed E-state index contributed by atoms with van der Waals surface area (Å²) in [6, 6.07) is 7.85. The number of aliphatic carboxylic acids is 1. The van der Waals surface area contributed by atoms with Crippen LogP contribution in [0.3, 0.4) is 0 Å². The molecule has 20 heavy (non-hydrogen) atoms. The van der Waals surface area contributed by atoms with Gasteiger partial charge in [-0.2, -0.15) is 0 Å². The van der Waals surface area contributed by atoms with E-state index in [2.05, 4.69) is 10.3 Å². The molecule has 0 fully saturated rings. The highest BCUT2D eigenvalue weighted by molar-refractivity contribution is 7.13. The highest BCUT2D eigenvalue weighted by Gasteiger charge is 2.05. The van der Waals surface area contributed by atoms with Crippen molar-refractivity contribution in [1.29, 1.82) is 0 Å². The van der Waals surface area contributed by atoms with Crippen LogP contribution in [0.1, 0.15) is 11.3 Å². The third-order valence-corrected chi connectivity index (χ3v) is 3.46. The first-order chi connectivity index (χ1) is 9.65. The summed E-state index contributed by atoms with van der Waals surface area (Å²) in [5.74, 6) is 0.00439. The minimum absolute atomic E-state index is 0.0438. The molecule has 2 rings (SSSR count). The van der Waals surface area contributed by atoms with Crippen LogP contribution in [0.2, 0.25) is 0 Å². The first kappa shape index (κ1) is 14.3. The molecule has 0 unspecified atom stereocenters. The minimum atomic E-state index is -0.871. The number of carbonyl (C=O) groups is 1. The fraction of sp³-hybridized carbons (Fsp3) is 0.286. The Balaban J connectivity index is 1.75. The summed E-state index contributed by atoms with van der Waals surface area (Å²) in [6.45, 7) is 3.15. The second-order valence-corrected chi connectivity index (χ2v) is 5.11. The number of para-hydroxylation sites is 1. The highest BCUT2D eigenvalue weighted by Crippen LogP contribution is 2.17. The van der Waals surface area contributed by atoms with Crippen LogP contribution in [0.4, 0.5) is 5.13 Å². The summed E-state index contributed by atoms with van der Waals surface area (Å²) in [5, 5.41) is 14.2. The van der Waals surface area contributed by atoms with Crippen molar-refractivity contribution >= 4 is 22.4 Å². The van der Waals surface area contributed by atoms with Gasteiger partial charge in [-0.25, -0.2) is 4.98 Å². The molecule has 1 aromatic carbocycles. The predicted molar refractivity (Wildman–Crippen MR) is 78.6 cm³/mol. The molecule has 106 valence electrons. The van der Waals surface area contributed by atoms with Gasteiger partial charge in [0.25, 0.3) is 0 Å². The lowest BCUT2D eigenvalue weighted by atomic mass is 10.2. The topological polar surface area (TPSA) is 71.5 Å². The molecule has 0 amide bonds. The molecule has 0 saturated carbocycles. The first-order valence-corrected chi connectivity index (χ1v) is 7.11. The molecule has 0 atom stereocenters. The van der Waals surface area contributed by atoms with E-state index in [1.54, 1.807) is 5.38 Å². The summed E-state index contributed by atoms with van der Waals surface area (Å²) in [5.41, 5.74) is 1.68. The third kappa shape index (κ3) is 4.24. The molecule has 6 heteroatoms. The van der Waals surface area contributed by atoms with E-state index in [0.29, 0.717) is 18.8 Å². The highest BCUT2D eigenvalue weighted by atomic mass is 32.1. The molecule has 5 nitrogen and oxygen atoms in total. The number of aryl methyl sites for hydroxylation is 1. The number of benzene rings is 1. The number of nitrogens with one attached hydrogen (secondary N) is 1. The second kappa shape index (κ2) is 6.91. The Labute approximate surface area is 121 Å². The number of nitrogens with zero attached hydrogens (tertiary/aromatic N) is 1. The third-order valence-electron chi connectivity index (χ3n) is 2.61. The summed E-state index contributed by atoms with van der Waals surface area (Å²) < 4.78 is 5.65. The summed E-state index contributed by atoms with van der Waals surface area (Å²) in [6.07, 6.45) is -0.0438. The lowest BCUT2D eigenvalue weighted by Crippen LogP contribution is -2.12. The van der Waals surface area contributed by atoms with Gasteiger partial charge in [0.15, 0.2) is 5.13 Å². The van der Waals surface area contributed by atoms with Gasteiger partial charge in [0.05, 0.1) is 18.7 Å². The van der Waals surface area contributed by atoms with Crippen molar-refractivity contribution in [3.63, 3.8) is 0 Å². The average Bonchev–Trinajstić information content (AvgIpc) is 2.83. The summed E-state index contributed by atoms with van der Waals surface area (Å²) >= 11 is 1.40. The van der Waals surface area contributed by atoms with E-state index < -0.39 is 5.97 Å². The van der Waals surface area contributed by atoms with Crippen molar-refractivity contribution in [3.05, 3.63) is 40.9 Å². The van der Waals surface area contributed by atoms with E-state index in [9.17, 15) is 4.79 Å². The molecule has 1 heterocycles. The van der Waals surface area contributed by atoms with Crippen LogP contribution in [0, 0.1) is 6.92 Å². The van der Waals surface area contributed by atoms with Crippen LogP contribution in [-0.2, 0) is 11.2 Å². The number of ether oxygens (including phenoxy) is 1. The maximum atomic E-state index is 10.6. The molecule has 1 aromatic heterocycles. The lowest BCUT2D eigenvalue weighted by Gasteiger charge is -2.08. The van der Waals surface area contributed by atoms with Gasteiger partial charge in [0, 0.05) is 5.38 Å². The van der Waals surface area contributed by atoms with Gasteiger partial charge < -0.3 is 15.2 Å². The largest absolute Gasteiger partial charge is 0.491 e. The van der Waals surface area contributed by atoms with Crippen molar-refractivity contribution < 1.29 is 14.6 Å². The Morgan fingerprint density at radius 3 is 3.00 bits per heavy atom. The Bertz CT molecular complexity index is 583. The second-order valence-electron chi connectivity index (χ2n) is 4.26. The Morgan fingerprint density at radius 2 is 2.25 bits per heavy atom. The van der Waals surface area contributed by atoms with Gasteiger partial charge in [-0.3, -0.25) is 4.79 Å². The van der Waals surface area contributed by atoms with Crippen molar-refractivity contribution in [2.45, 2.75) is 13.3 Å². The van der Waals surface area contributed by atoms with E-state index in [1.807, 2.05) is 31.2 Å². The van der Waals surface area contributed by atoms with Gasteiger partial charge >= 0.3 is 5.97 Å². The number of aromatic nitrogens is 1. The van der Waals surface area contributed by atoms with Gasteiger partial charge in [0.2, 0.25) is 0 Å². The normalized spacial score (nSPS) is 10.2. The van der Waals surface area contributed by atoms with Crippen LogP contribution in [-0.4, -0.2) is 29.2 Å². The maximum Gasteiger partial charge on any atom is 0.309 e. The monoisotopic (exact) mass is 292 g/mol. The number of rotatable bonds is 7. The molecule has 0 aliphatic rings. The zero-order valence-corrected chi connectivity index (χ0v) is 11.9. The molecule has 2 aromatic rings. The maximum absolute atomic E-state index is 10.6. The van der Waals surface area contributed by atoms with Crippen molar-refractivity contribution in [1.82, 2.24) is 4.98 Å². The molecule has 0 aliphatic heterocycles. The van der Waals surface area contributed by atoms with Crippen LogP contribution >= 0.6 is 11.3 Å². The number of hydrogen-bond acceptors (Lipinski definition) is 5. The molecule has 0 spiro atoms. The van der Waals surface area contributed by atoms with Crippen LogP contribution < -0.4 is 10.1 Å². The first-order valence-electron chi connectivity index (χ1n) is 6.23. The van der Waals surface area contributed by atoms with E-state index in [4.69, 9.17) is 9.84 Å². The smallest absolute Gasteiger partial charge is 0.309 e. The van der Waals surface area contributed by atoms with Gasteiger partial charge in [-0.1, -0.05) is 18.2 Å². The van der Waals surface area contributed by atoms with E-state index in [1.165, 1.54) is 11.3 Å². The fourth-order valence-electron chi connectivity index (χ4n) is 1.66. The molecule has 0 saturated heterocycles. The summed E-state index contributed by atoms with van der Waals surface area (Å²) in [4.78, 5) is 14.7. The summed E-state index contributed by atoms with van der Waals surface area (Å²) in [7, 11) is 0. The minimum Gasteiger partial charge on any atom is -0.491 e. The van der Waals surface area contributed by atoms with E-state index in [0.717, 1.165) is 16.4 Å². The number of hydrogen-bond donors (Lipinski definition) is 2. The standard InChI is InChI=1S/C14H16N2O3S/c1-10-4-2-3-5-12(10)19-7-6-15-14-16-11(9-20-14)8-13(17)18/h2-5,9H,6-8H2,1H3,(H,15,16)(H,17,18). The van der Waals surface area contributed by atoms with Crippen LogP contribution in [0.15, 0.2) is 29.6 Å². The lowest BCUT2D eigenvalue weighted by molar-refractivity contribution is -0.136. The van der Waals surface area contributed by atoms with E-state index in [-0.39, 0.29) is 6.42 Å². The molecule has 0 aliphatic carbocycles. The predicted octanol–water partition coefficient (Wildman–Crippen LogP) is 2.57. The molecular weight excluding hydrogens is 276 g/mol. The van der Waals surface area contributed by atoms with Gasteiger partial charge in [-0.15, -0.1) is 11.3 Å². The number of thiazole rings is 1. The fourth-order valence-corrected chi connectivity index (χ4v) is 2.40. The number of carboxylic acid groups (broad SMARTS) is 1. The SMILES string of the molecule is Cc1ccccc1OCCNc1nc(CC(=O)O)cs1. The quantitative estimate of drug-likeness (QED) is 0.767. The molecule has 2 N–H and O–H groups in total. The molecule has 0 bridgehead atoms. The van der Waals surface area contributed by atoms with Crippen LogP contribution in [0.25, 0.3) is 0 Å². The van der Waals surface area contributed by atoms with Crippen molar-refractivity contribution in [2.24, 2.45) is 0 Å². The van der Waals surface area contributed by atoms with Crippen LogP contribution in [0.5, 0.6) is 5.75 Å². The average molecular weight is 292 g/mol. The Hall–Kier alpha value is -2.08. The molecular formula is C14H16N2O3S. The van der Waals surface area contributed by atoms with Crippen molar-refractivity contribution in [3.8, 4) is 5.75 Å². The molecule has 0 radical (unpaired) electrons. The van der Waals surface area contributed by atoms with Gasteiger partial charge in [-0.05, 0) is 18.6 Å². The number of carboxylic acids is 1. The zero-order valence-electron chi connectivity index (χ0n) is 11.1. The zero-order chi connectivity index (χ0) is 14.4.